The van der Waals surface area contributed by atoms with E-state index in [0.29, 0.717) is 38.4 Å². The quantitative estimate of drug-likeness (QED) is 0.744. The fraction of sp³-hybridized carbons (Fsp3) is 1.00. The van der Waals surface area contributed by atoms with Crippen LogP contribution in [0.1, 0.15) is 32.6 Å². The Hall–Kier alpha value is 0.160. The van der Waals surface area contributed by atoms with E-state index in [9.17, 15) is 8.42 Å². The van der Waals surface area contributed by atoms with Gasteiger partial charge in [0.15, 0.2) is 0 Å². The molecule has 0 aliphatic carbocycles. The summed E-state index contributed by atoms with van der Waals surface area (Å²) < 4.78 is 31.9. The lowest BCUT2D eigenvalue weighted by Gasteiger charge is -2.25. The van der Waals surface area contributed by atoms with Crippen LogP contribution in [0.25, 0.3) is 0 Å². The zero-order chi connectivity index (χ0) is 12.0. The zero-order valence-electron chi connectivity index (χ0n) is 9.62. The summed E-state index contributed by atoms with van der Waals surface area (Å²) in [6, 6.07) is -0.0367. The second kappa shape index (κ2) is 6.79. The Balaban J connectivity index is 2.54. The van der Waals surface area contributed by atoms with Gasteiger partial charge < -0.3 is 4.74 Å². The number of hydrogen-bond donors (Lipinski definition) is 1. The topological polar surface area (TPSA) is 55.4 Å². The highest BCUT2D eigenvalue weighted by atomic mass is 35.5. The molecule has 0 saturated carbocycles. The van der Waals surface area contributed by atoms with Gasteiger partial charge in [0.1, 0.15) is 0 Å². The van der Waals surface area contributed by atoms with Gasteiger partial charge in [-0.25, -0.2) is 13.1 Å². The van der Waals surface area contributed by atoms with Crippen LogP contribution in [0.5, 0.6) is 0 Å². The Morgan fingerprint density at radius 1 is 1.44 bits per heavy atom. The van der Waals surface area contributed by atoms with Gasteiger partial charge >= 0.3 is 0 Å². The van der Waals surface area contributed by atoms with Gasteiger partial charge in [0.05, 0.1) is 5.25 Å². The van der Waals surface area contributed by atoms with Gasteiger partial charge in [0.2, 0.25) is 10.0 Å². The summed E-state index contributed by atoms with van der Waals surface area (Å²) in [4.78, 5) is 0. The van der Waals surface area contributed by atoms with E-state index in [2.05, 4.69) is 4.72 Å². The third-order valence-corrected chi connectivity index (χ3v) is 5.12. The van der Waals surface area contributed by atoms with Crippen molar-refractivity contribution in [2.75, 3.05) is 19.1 Å². The largest absolute Gasteiger partial charge is 0.381 e. The highest BCUT2D eigenvalue weighted by Gasteiger charge is 2.29. The first-order chi connectivity index (χ1) is 7.60. The van der Waals surface area contributed by atoms with Crippen molar-refractivity contribution in [3.63, 3.8) is 0 Å². The van der Waals surface area contributed by atoms with Crippen molar-refractivity contribution < 1.29 is 13.2 Å². The van der Waals surface area contributed by atoms with Crippen LogP contribution in [0.4, 0.5) is 0 Å². The predicted molar refractivity (Wildman–Crippen MR) is 65.3 cm³/mol. The summed E-state index contributed by atoms with van der Waals surface area (Å²) in [5.74, 6) is 0.481. The van der Waals surface area contributed by atoms with Crippen molar-refractivity contribution in [1.29, 1.82) is 0 Å². The van der Waals surface area contributed by atoms with Crippen LogP contribution in [0.15, 0.2) is 0 Å². The lowest BCUT2D eigenvalue weighted by atomic mass is 10.2. The van der Waals surface area contributed by atoms with E-state index in [1.54, 1.807) is 0 Å². The molecule has 1 heterocycles. The standard InChI is InChI=1S/C10H20ClNO3S/c1-2-9(3-6-11)12-16(13,14)10-4-7-15-8-5-10/h9-10,12H,2-8H2,1H3. The number of halogens is 1. The van der Waals surface area contributed by atoms with Crippen LogP contribution in [0.3, 0.4) is 0 Å². The van der Waals surface area contributed by atoms with Crippen LogP contribution in [0.2, 0.25) is 0 Å². The first-order valence-electron chi connectivity index (χ1n) is 5.75. The van der Waals surface area contributed by atoms with Crippen molar-refractivity contribution >= 4 is 21.6 Å². The molecule has 0 bridgehead atoms. The monoisotopic (exact) mass is 269 g/mol. The minimum Gasteiger partial charge on any atom is -0.381 e. The van der Waals surface area contributed by atoms with E-state index in [0.717, 1.165) is 6.42 Å². The number of sulfonamides is 1. The third kappa shape index (κ3) is 4.20. The van der Waals surface area contributed by atoms with E-state index < -0.39 is 10.0 Å². The summed E-state index contributed by atoms with van der Waals surface area (Å²) in [7, 11) is -3.21. The molecule has 1 N–H and O–H groups in total. The van der Waals surface area contributed by atoms with Crippen LogP contribution in [-0.4, -0.2) is 38.8 Å². The van der Waals surface area contributed by atoms with Crippen LogP contribution in [0, 0.1) is 0 Å². The Kier molecular flexibility index (Phi) is 6.03. The molecule has 1 aliphatic rings. The van der Waals surface area contributed by atoms with Gasteiger partial charge in [-0.2, -0.15) is 0 Å². The van der Waals surface area contributed by atoms with Gasteiger partial charge in [-0.15, -0.1) is 11.6 Å². The molecule has 1 fully saturated rings. The first-order valence-corrected chi connectivity index (χ1v) is 7.83. The summed E-state index contributed by atoms with van der Waals surface area (Å²) in [6.45, 7) is 3.04. The minimum atomic E-state index is -3.21. The molecule has 0 aromatic rings. The number of alkyl halides is 1. The van der Waals surface area contributed by atoms with E-state index in [1.165, 1.54) is 0 Å². The van der Waals surface area contributed by atoms with Gasteiger partial charge in [0, 0.05) is 25.1 Å². The van der Waals surface area contributed by atoms with Crippen LogP contribution >= 0.6 is 11.6 Å². The molecule has 0 spiro atoms. The minimum absolute atomic E-state index is 0.0367. The van der Waals surface area contributed by atoms with Gasteiger partial charge in [-0.1, -0.05) is 6.92 Å². The molecule has 0 aromatic carbocycles. The number of nitrogens with one attached hydrogen (secondary N) is 1. The molecule has 1 atom stereocenters. The molecule has 1 saturated heterocycles. The van der Waals surface area contributed by atoms with Crippen molar-refractivity contribution in [2.24, 2.45) is 0 Å². The van der Waals surface area contributed by atoms with Crippen LogP contribution in [-0.2, 0) is 14.8 Å². The highest BCUT2D eigenvalue weighted by Crippen LogP contribution is 2.16. The molecular weight excluding hydrogens is 250 g/mol. The zero-order valence-corrected chi connectivity index (χ0v) is 11.2. The summed E-state index contributed by atoms with van der Waals surface area (Å²) in [6.07, 6.45) is 2.63. The molecule has 0 amide bonds. The van der Waals surface area contributed by atoms with Crippen molar-refractivity contribution in [3.8, 4) is 0 Å². The summed E-state index contributed by atoms with van der Waals surface area (Å²) >= 11 is 5.63. The smallest absolute Gasteiger partial charge is 0.214 e. The van der Waals surface area contributed by atoms with Gasteiger partial charge in [0.25, 0.3) is 0 Å². The molecule has 96 valence electrons. The first kappa shape index (κ1) is 14.2. The Bertz CT molecular complexity index is 288. The SMILES string of the molecule is CCC(CCCl)NS(=O)(=O)C1CCOCC1. The Morgan fingerprint density at radius 3 is 2.56 bits per heavy atom. The highest BCUT2D eigenvalue weighted by molar-refractivity contribution is 7.90. The molecule has 0 radical (unpaired) electrons. The average molecular weight is 270 g/mol. The maximum atomic E-state index is 12.0. The second-order valence-corrected chi connectivity index (χ2v) is 6.43. The molecule has 16 heavy (non-hydrogen) atoms. The van der Waals surface area contributed by atoms with E-state index in [-0.39, 0.29) is 11.3 Å². The molecular formula is C10H20ClNO3S. The molecule has 1 rings (SSSR count). The lowest BCUT2D eigenvalue weighted by molar-refractivity contribution is 0.0980. The van der Waals surface area contributed by atoms with Crippen molar-refractivity contribution in [1.82, 2.24) is 4.72 Å². The number of ether oxygens (including phenoxy) is 1. The predicted octanol–water partition coefficient (Wildman–Crippen LogP) is 1.49. The molecule has 1 aliphatic heterocycles. The normalized spacial score (nSPS) is 20.9. The van der Waals surface area contributed by atoms with Crippen molar-refractivity contribution in [2.45, 2.75) is 43.9 Å². The summed E-state index contributed by atoms with van der Waals surface area (Å²) in [5, 5.41) is -0.300. The van der Waals surface area contributed by atoms with Gasteiger partial charge in [-0.05, 0) is 25.7 Å². The molecule has 1 unspecified atom stereocenters. The third-order valence-electron chi connectivity index (χ3n) is 2.89. The lowest BCUT2D eigenvalue weighted by Crippen LogP contribution is -2.43. The maximum Gasteiger partial charge on any atom is 0.214 e. The second-order valence-electron chi connectivity index (χ2n) is 4.06. The van der Waals surface area contributed by atoms with Crippen LogP contribution < -0.4 is 4.72 Å². The number of hydrogen-bond acceptors (Lipinski definition) is 3. The molecule has 4 nitrogen and oxygen atoms in total. The van der Waals surface area contributed by atoms with E-state index >= 15 is 0 Å². The maximum absolute atomic E-state index is 12.0. The number of rotatable bonds is 6. The van der Waals surface area contributed by atoms with Gasteiger partial charge in [-0.3, -0.25) is 0 Å². The fourth-order valence-corrected chi connectivity index (χ4v) is 3.81. The van der Waals surface area contributed by atoms with Crippen molar-refractivity contribution in [3.05, 3.63) is 0 Å². The van der Waals surface area contributed by atoms with E-state index in [1.807, 2.05) is 6.92 Å². The molecule has 0 aromatic heterocycles. The fourth-order valence-electron chi connectivity index (χ4n) is 1.79. The average Bonchev–Trinajstić information content (AvgIpc) is 2.29. The van der Waals surface area contributed by atoms with E-state index in [4.69, 9.17) is 16.3 Å². The Labute approximate surface area is 103 Å². The Morgan fingerprint density at radius 2 is 2.06 bits per heavy atom. The molecule has 6 heteroatoms. The summed E-state index contributed by atoms with van der Waals surface area (Å²) in [5.41, 5.74) is 0.